The number of hydrogen-bond acceptors (Lipinski definition) is 1. The molecule has 0 N–H and O–H groups in total. The van der Waals surface area contributed by atoms with Crippen molar-refractivity contribution in [3.8, 4) is 16.8 Å². The number of para-hydroxylation sites is 3. The van der Waals surface area contributed by atoms with E-state index in [0.29, 0.717) is 0 Å². The lowest BCUT2D eigenvalue weighted by molar-refractivity contribution is 0.660. The third-order valence-electron chi connectivity index (χ3n) is 10.5. The highest BCUT2D eigenvalue weighted by molar-refractivity contribution is 6.12. The van der Waals surface area contributed by atoms with Crippen molar-refractivity contribution in [1.29, 1.82) is 0 Å². The summed E-state index contributed by atoms with van der Waals surface area (Å²) in [6.45, 7) is 7.04. The van der Waals surface area contributed by atoms with Gasteiger partial charge in [-0.2, -0.15) is 0 Å². The normalized spacial score (nSPS) is 13.2. The fraction of sp³-hybridized carbons (Fsp3) is 0.130. The van der Waals surface area contributed by atoms with Crippen LogP contribution in [0.2, 0.25) is 0 Å². The molecule has 0 radical (unpaired) electrons. The van der Waals surface area contributed by atoms with Crippen molar-refractivity contribution in [2.45, 2.75) is 39.0 Å². The lowest BCUT2D eigenvalue weighted by Gasteiger charge is -2.28. The summed E-state index contributed by atoms with van der Waals surface area (Å²) in [6, 6.07) is 56.1. The molecule has 0 amide bonds. The van der Waals surface area contributed by atoms with Crippen molar-refractivity contribution in [1.82, 2.24) is 4.57 Å². The third-order valence-corrected chi connectivity index (χ3v) is 10.5. The summed E-state index contributed by atoms with van der Waals surface area (Å²) in [5.41, 5.74) is 13.8. The molecule has 1 aliphatic rings. The Morgan fingerprint density at radius 1 is 0.521 bits per heavy atom. The minimum Gasteiger partial charge on any atom is -0.310 e. The van der Waals surface area contributed by atoms with Crippen molar-refractivity contribution < 1.29 is 0 Å². The molecule has 0 unspecified atom stereocenters. The third kappa shape index (κ3) is 4.26. The molecule has 9 rings (SSSR count). The lowest BCUT2D eigenvalue weighted by atomic mass is 9.81. The van der Waals surface area contributed by atoms with Crippen LogP contribution in [0.1, 0.15) is 43.9 Å². The topological polar surface area (TPSA) is 8.17 Å². The molecular formula is C46H38N2. The second-order valence-electron chi connectivity index (χ2n) is 13.7. The highest BCUT2D eigenvalue weighted by atomic mass is 15.1. The number of aryl methyl sites for hydroxylation is 1. The first kappa shape index (κ1) is 28.6. The molecule has 0 atom stereocenters. The van der Waals surface area contributed by atoms with E-state index in [1.165, 1.54) is 77.5 Å². The van der Waals surface area contributed by atoms with Crippen molar-refractivity contribution >= 4 is 49.6 Å². The Morgan fingerprint density at radius 2 is 1.08 bits per heavy atom. The van der Waals surface area contributed by atoms with Gasteiger partial charge in [0.2, 0.25) is 0 Å². The van der Waals surface area contributed by atoms with Crippen molar-refractivity contribution in [2.75, 3.05) is 4.90 Å². The SMILES string of the molecule is CCCc1ccc(N(c2ccccc2)c2ccc3c(c2)C(C)(C)c2cc(-n4c5ccccc5c5ccccc54)c4ccccc4c2-3)cc1. The summed E-state index contributed by atoms with van der Waals surface area (Å²) in [7, 11) is 0. The quantitative estimate of drug-likeness (QED) is 0.180. The van der Waals surface area contributed by atoms with Crippen LogP contribution in [0.15, 0.2) is 152 Å². The van der Waals surface area contributed by atoms with Gasteiger partial charge in [0.15, 0.2) is 0 Å². The van der Waals surface area contributed by atoms with Gasteiger partial charge in [-0.1, -0.05) is 124 Å². The molecule has 232 valence electrons. The van der Waals surface area contributed by atoms with Gasteiger partial charge in [-0.15, -0.1) is 0 Å². The van der Waals surface area contributed by atoms with Crippen LogP contribution in [0.3, 0.4) is 0 Å². The van der Waals surface area contributed by atoms with Crippen LogP contribution >= 0.6 is 0 Å². The van der Waals surface area contributed by atoms with Gasteiger partial charge in [0, 0.05) is 38.6 Å². The number of rotatable bonds is 6. The lowest BCUT2D eigenvalue weighted by Crippen LogP contribution is -2.17. The van der Waals surface area contributed by atoms with Gasteiger partial charge >= 0.3 is 0 Å². The van der Waals surface area contributed by atoms with E-state index in [1.807, 2.05) is 0 Å². The number of nitrogens with zero attached hydrogens (tertiary/aromatic N) is 2. The largest absolute Gasteiger partial charge is 0.310 e. The summed E-state index contributed by atoms with van der Waals surface area (Å²) in [6.07, 6.45) is 2.25. The van der Waals surface area contributed by atoms with E-state index in [4.69, 9.17) is 0 Å². The van der Waals surface area contributed by atoms with Crippen LogP contribution in [-0.2, 0) is 11.8 Å². The molecular weight excluding hydrogens is 581 g/mol. The van der Waals surface area contributed by atoms with Gasteiger partial charge in [0.25, 0.3) is 0 Å². The number of aromatic nitrogens is 1. The fourth-order valence-electron chi connectivity index (χ4n) is 8.18. The van der Waals surface area contributed by atoms with E-state index in [0.717, 1.165) is 18.5 Å². The predicted octanol–water partition coefficient (Wildman–Crippen LogP) is 12.7. The molecule has 0 saturated heterocycles. The maximum atomic E-state index is 2.48. The summed E-state index contributed by atoms with van der Waals surface area (Å²) in [4.78, 5) is 2.40. The van der Waals surface area contributed by atoms with E-state index in [1.54, 1.807) is 0 Å². The molecule has 48 heavy (non-hydrogen) atoms. The zero-order valence-corrected chi connectivity index (χ0v) is 27.7. The van der Waals surface area contributed by atoms with E-state index in [2.05, 4.69) is 182 Å². The van der Waals surface area contributed by atoms with Crippen LogP contribution < -0.4 is 4.90 Å². The molecule has 8 aromatic rings. The van der Waals surface area contributed by atoms with E-state index < -0.39 is 0 Å². The molecule has 0 fully saturated rings. The molecule has 0 bridgehead atoms. The Morgan fingerprint density at radius 3 is 1.75 bits per heavy atom. The molecule has 1 aromatic heterocycles. The first-order valence-electron chi connectivity index (χ1n) is 17.2. The molecule has 0 spiro atoms. The Hall–Kier alpha value is -5.60. The maximum Gasteiger partial charge on any atom is 0.0544 e. The predicted molar refractivity (Wildman–Crippen MR) is 205 cm³/mol. The van der Waals surface area contributed by atoms with Crippen molar-refractivity contribution in [3.05, 3.63) is 168 Å². The van der Waals surface area contributed by atoms with E-state index >= 15 is 0 Å². The first-order valence-corrected chi connectivity index (χ1v) is 17.2. The molecule has 2 nitrogen and oxygen atoms in total. The van der Waals surface area contributed by atoms with Gasteiger partial charge in [0.1, 0.15) is 0 Å². The summed E-state index contributed by atoms with van der Waals surface area (Å²) >= 11 is 0. The van der Waals surface area contributed by atoms with Gasteiger partial charge in [-0.3, -0.25) is 0 Å². The zero-order chi connectivity index (χ0) is 32.4. The van der Waals surface area contributed by atoms with Crippen LogP contribution in [0, 0.1) is 0 Å². The number of anilines is 3. The minimum atomic E-state index is -0.203. The van der Waals surface area contributed by atoms with Crippen molar-refractivity contribution in [3.63, 3.8) is 0 Å². The van der Waals surface area contributed by atoms with Crippen molar-refractivity contribution in [2.24, 2.45) is 0 Å². The van der Waals surface area contributed by atoms with Crippen LogP contribution in [0.5, 0.6) is 0 Å². The van der Waals surface area contributed by atoms with Crippen LogP contribution in [0.25, 0.3) is 49.4 Å². The molecule has 2 heteroatoms. The maximum absolute atomic E-state index is 2.48. The average molecular weight is 619 g/mol. The Balaban J connectivity index is 1.26. The smallest absolute Gasteiger partial charge is 0.0544 e. The summed E-state index contributed by atoms with van der Waals surface area (Å²) < 4.78 is 2.48. The highest BCUT2D eigenvalue weighted by Crippen LogP contribution is 2.54. The molecule has 1 aliphatic carbocycles. The Labute approximate surface area is 282 Å². The van der Waals surface area contributed by atoms with Gasteiger partial charge in [-0.05, 0) is 94.2 Å². The van der Waals surface area contributed by atoms with Gasteiger partial charge in [0.05, 0.1) is 16.7 Å². The standard InChI is InChI=1S/C46H38N2/c1-4-14-31-23-25-33(26-24-31)47(32-15-6-5-7-16-32)34-27-28-39-40(29-34)46(2,3)41-30-44(37-19-8-9-20-38(37)45(39)41)48-42-21-12-10-17-35(42)36-18-11-13-22-43(36)48/h5-13,15-30H,4,14H2,1-3H3. The second-order valence-corrected chi connectivity index (χ2v) is 13.7. The van der Waals surface area contributed by atoms with Crippen LogP contribution in [0.4, 0.5) is 17.1 Å². The number of hydrogen-bond donors (Lipinski definition) is 0. The highest BCUT2D eigenvalue weighted by Gasteiger charge is 2.38. The van der Waals surface area contributed by atoms with E-state index in [-0.39, 0.29) is 5.41 Å². The number of benzene rings is 7. The summed E-state index contributed by atoms with van der Waals surface area (Å²) in [5.74, 6) is 0. The van der Waals surface area contributed by atoms with Crippen LogP contribution in [-0.4, -0.2) is 4.57 Å². The van der Waals surface area contributed by atoms with Gasteiger partial charge in [-0.25, -0.2) is 0 Å². The first-order chi connectivity index (χ1) is 23.5. The second kappa shape index (κ2) is 11.0. The minimum absolute atomic E-state index is 0.203. The average Bonchev–Trinajstić information content (AvgIpc) is 3.58. The van der Waals surface area contributed by atoms with E-state index in [9.17, 15) is 0 Å². The molecule has 0 saturated carbocycles. The Kier molecular flexibility index (Phi) is 6.55. The fourth-order valence-corrected chi connectivity index (χ4v) is 8.18. The zero-order valence-electron chi connectivity index (χ0n) is 27.7. The monoisotopic (exact) mass is 618 g/mol. The molecule has 1 heterocycles. The molecule has 7 aromatic carbocycles. The molecule has 0 aliphatic heterocycles. The number of fused-ring (bicyclic) bond motifs is 8. The van der Waals surface area contributed by atoms with Gasteiger partial charge < -0.3 is 9.47 Å². The Bertz CT molecular complexity index is 2430. The summed E-state index contributed by atoms with van der Waals surface area (Å²) in [5, 5.41) is 5.15.